The first-order chi connectivity index (χ1) is 15.2. The molecule has 0 amide bonds. The van der Waals surface area contributed by atoms with Crippen LogP contribution in [0.25, 0.3) is 0 Å². The summed E-state index contributed by atoms with van der Waals surface area (Å²) in [5, 5.41) is 6.95. The van der Waals surface area contributed by atoms with Crippen molar-refractivity contribution in [2.45, 2.75) is 18.9 Å². The second-order valence-electron chi connectivity index (χ2n) is 7.58. The zero-order valence-corrected chi connectivity index (χ0v) is 18.3. The monoisotopic (exact) mass is 426 g/mol. The molecule has 0 bridgehead atoms. The Labute approximate surface area is 183 Å². The molecule has 2 N–H and O–H groups in total. The minimum atomic E-state index is 0.300. The first-order valence-corrected chi connectivity index (χ1v) is 10.5. The summed E-state index contributed by atoms with van der Waals surface area (Å²) in [4.78, 5) is 6.72. The van der Waals surface area contributed by atoms with Crippen LogP contribution in [0.2, 0.25) is 0 Å². The summed E-state index contributed by atoms with van der Waals surface area (Å²) < 4.78 is 21.6. The number of aliphatic imine (C=N–C) groups is 1. The Balaban J connectivity index is 1.28. The molecular weight excluding hydrogens is 396 g/mol. The molecule has 0 aromatic heterocycles. The molecule has 0 aliphatic carbocycles. The van der Waals surface area contributed by atoms with Crippen molar-refractivity contribution in [1.29, 1.82) is 0 Å². The van der Waals surface area contributed by atoms with Gasteiger partial charge in [0, 0.05) is 56.6 Å². The molecule has 1 saturated heterocycles. The van der Waals surface area contributed by atoms with Gasteiger partial charge in [-0.25, -0.2) is 0 Å². The van der Waals surface area contributed by atoms with Gasteiger partial charge < -0.3 is 34.5 Å². The molecule has 1 atom stereocenters. The van der Waals surface area contributed by atoms with Gasteiger partial charge in [0.05, 0.1) is 14.2 Å². The number of hydrogen-bond acceptors (Lipinski definition) is 6. The predicted molar refractivity (Wildman–Crippen MR) is 121 cm³/mol. The minimum absolute atomic E-state index is 0.300. The lowest BCUT2D eigenvalue weighted by atomic mass is 10.1. The maximum atomic E-state index is 5.45. The van der Waals surface area contributed by atoms with Gasteiger partial charge >= 0.3 is 0 Å². The van der Waals surface area contributed by atoms with Crippen LogP contribution < -0.4 is 34.5 Å². The Hall–Kier alpha value is -3.29. The van der Waals surface area contributed by atoms with Crippen LogP contribution in [0.15, 0.2) is 41.4 Å². The van der Waals surface area contributed by atoms with Gasteiger partial charge in [0.1, 0.15) is 11.5 Å². The quantitative estimate of drug-likeness (QED) is 0.520. The highest BCUT2D eigenvalue weighted by Crippen LogP contribution is 2.32. The van der Waals surface area contributed by atoms with Crippen molar-refractivity contribution in [2.24, 2.45) is 4.99 Å². The molecule has 2 aliphatic heterocycles. The summed E-state index contributed by atoms with van der Waals surface area (Å²) >= 11 is 0. The number of ether oxygens (including phenoxy) is 4. The number of nitrogens with one attached hydrogen (secondary N) is 2. The van der Waals surface area contributed by atoms with Crippen LogP contribution in [0.5, 0.6) is 23.0 Å². The standard InChI is InChI=1S/C23H30N4O4/c1-24-23(25-8-6-16-4-5-21-22(10-16)31-15-30-21)26-17-7-9-27(14-17)18-11-19(28-2)13-20(12-18)29-3/h4-5,10-13,17H,6-9,14-15H2,1-3H3,(H2,24,25,26). The van der Waals surface area contributed by atoms with E-state index in [-0.39, 0.29) is 0 Å². The third-order valence-corrected chi connectivity index (χ3v) is 5.60. The topological polar surface area (TPSA) is 76.6 Å². The number of anilines is 1. The van der Waals surface area contributed by atoms with E-state index in [4.69, 9.17) is 18.9 Å². The first-order valence-electron chi connectivity index (χ1n) is 10.5. The van der Waals surface area contributed by atoms with Gasteiger partial charge in [-0.15, -0.1) is 0 Å². The van der Waals surface area contributed by atoms with E-state index in [2.05, 4.69) is 26.6 Å². The summed E-state index contributed by atoms with van der Waals surface area (Å²) in [6, 6.07) is 12.4. The zero-order valence-electron chi connectivity index (χ0n) is 18.3. The number of nitrogens with zero attached hydrogens (tertiary/aromatic N) is 2. The van der Waals surface area contributed by atoms with Crippen molar-refractivity contribution in [1.82, 2.24) is 10.6 Å². The molecule has 8 nitrogen and oxygen atoms in total. The molecule has 1 unspecified atom stereocenters. The van der Waals surface area contributed by atoms with Crippen LogP contribution in [0, 0.1) is 0 Å². The molecule has 2 aromatic carbocycles. The van der Waals surface area contributed by atoms with E-state index in [1.807, 2.05) is 30.3 Å². The van der Waals surface area contributed by atoms with Crippen LogP contribution in [-0.2, 0) is 6.42 Å². The molecular formula is C23H30N4O4. The van der Waals surface area contributed by atoms with Crippen LogP contribution in [0.4, 0.5) is 5.69 Å². The Morgan fingerprint density at radius 1 is 1.10 bits per heavy atom. The van der Waals surface area contributed by atoms with Gasteiger partial charge in [-0.1, -0.05) is 6.07 Å². The van der Waals surface area contributed by atoms with E-state index in [1.54, 1.807) is 21.3 Å². The molecule has 166 valence electrons. The van der Waals surface area contributed by atoms with Crippen molar-refractivity contribution in [3.63, 3.8) is 0 Å². The zero-order chi connectivity index (χ0) is 21.6. The van der Waals surface area contributed by atoms with E-state index in [9.17, 15) is 0 Å². The van der Waals surface area contributed by atoms with Crippen molar-refractivity contribution in [3.8, 4) is 23.0 Å². The molecule has 31 heavy (non-hydrogen) atoms. The lowest BCUT2D eigenvalue weighted by Crippen LogP contribution is -2.45. The van der Waals surface area contributed by atoms with Crippen LogP contribution >= 0.6 is 0 Å². The largest absolute Gasteiger partial charge is 0.497 e. The van der Waals surface area contributed by atoms with Gasteiger partial charge in [0.25, 0.3) is 0 Å². The van der Waals surface area contributed by atoms with Crippen molar-refractivity contribution in [2.75, 3.05) is 52.6 Å². The summed E-state index contributed by atoms with van der Waals surface area (Å²) in [7, 11) is 5.15. The summed E-state index contributed by atoms with van der Waals surface area (Å²) in [5.74, 6) is 4.04. The minimum Gasteiger partial charge on any atom is -0.497 e. The predicted octanol–water partition coefficient (Wildman–Crippen LogP) is 2.42. The van der Waals surface area contributed by atoms with Crippen molar-refractivity contribution in [3.05, 3.63) is 42.0 Å². The van der Waals surface area contributed by atoms with E-state index >= 15 is 0 Å². The highest BCUT2D eigenvalue weighted by molar-refractivity contribution is 5.80. The molecule has 2 heterocycles. The van der Waals surface area contributed by atoms with Gasteiger partial charge in [-0.2, -0.15) is 0 Å². The molecule has 0 saturated carbocycles. The Morgan fingerprint density at radius 3 is 2.61 bits per heavy atom. The average Bonchev–Trinajstić information content (AvgIpc) is 3.47. The number of rotatable bonds is 7. The molecule has 4 rings (SSSR count). The van der Waals surface area contributed by atoms with E-state index in [0.29, 0.717) is 12.8 Å². The van der Waals surface area contributed by atoms with E-state index in [0.717, 1.165) is 67.1 Å². The average molecular weight is 427 g/mol. The second kappa shape index (κ2) is 9.68. The normalized spacial score (nSPS) is 17.6. The maximum Gasteiger partial charge on any atom is 0.231 e. The second-order valence-corrected chi connectivity index (χ2v) is 7.58. The summed E-state index contributed by atoms with van der Waals surface area (Å²) in [5.41, 5.74) is 2.30. The molecule has 2 aliphatic rings. The maximum absolute atomic E-state index is 5.45. The van der Waals surface area contributed by atoms with Crippen LogP contribution in [0.3, 0.4) is 0 Å². The summed E-state index contributed by atoms with van der Waals surface area (Å²) in [6.07, 6.45) is 1.90. The van der Waals surface area contributed by atoms with Gasteiger partial charge in [0.15, 0.2) is 17.5 Å². The smallest absolute Gasteiger partial charge is 0.231 e. The van der Waals surface area contributed by atoms with Gasteiger partial charge in [-0.05, 0) is 30.5 Å². The lowest BCUT2D eigenvalue weighted by molar-refractivity contribution is 0.174. The Kier molecular flexibility index (Phi) is 6.54. The third-order valence-electron chi connectivity index (χ3n) is 5.60. The molecule has 0 radical (unpaired) electrons. The molecule has 1 fully saturated rings. The fourth-order valence-electron chi connectivity index (χ4n) is 3.90. The van der Waals surface area contributed by atoms with Gasteiger partial charge in [-0.3, -0.25) is 4.99 Å². The third kappa shape index (κ3) is 5.07. The number of benzene rings is 2. The SMILES string of the molecule is CN=C(NCCc1ccc2c(c1)OCO2)NC1CCN(c2cc(OC)cc(OC)c2)C1. The lowest BCUT2D eigenvalue weighted by Gasteiger charge is -2.21. The fraction of sp³-hybridized carbons (Fsp3) is 0.435. The number of guanidine groups is 1. The van der Waals surface area contributed by atoms with E-state index < -0.39 is 0 Å². The summed E-state index contributed by atoms with van der Waals surface area (Å²) in [6.45, 7) is 2.93. The molecule has 0 spiro atoms. The number of fused-ring (bicyclic) bond motifs is 1. The van der Waals surface area contributed by atoms with E-state index in [1.165, 1.54) is 5.56 Å². The molecule has 2 aromatic rings. The molecule has 8 heteroatoms. The first kappa shape index (κ1) is 21.0. The fourth-order valence-corrected chi connectivity index (χ4v) is 3.90. The van der Waals surface area contributed by atoms with Crippen molar-refractivity contribution < 1.29 is 18.9 Å². The van der Waals surface area contributed by atoms with Crippen molar-refractivity contribution >= 4 is 11.6 Å². The highest BCUT2D eigenvalue weighted by atomic mass is 16.7. The number of hydrogen-bond donors (Lipinski definition) is 2. The van der Waals surface area contributed by atoms with Gasteiger partial charge in [0.2, 0.25) is 6.79 Å². The highest BCUT2D eigenvalue weighted by Gasteiger charge is 2.24. The number of methoxy groups -OCH3 is 2. The van der Waals surface area contributed by atoms with Crippen LogP contribution in [0.1, 0.15) is 12.0 Å². The van der Waals surface area contributed by atoms with Crippen LogP contribution in [-0.4, -0.2) is 59.7 Å². The Morgan fingerprint density at radius 2 is 1.87 bits per heavy atom. The Bertz CT molecular complexity index is 912.